The van der Waals surface area contributed by atoms with Gasteiger partial charge in [-0.05, 0) is 80.8 Å². The van der Waals surface area contributed by atoms with Crippen LogP contribution < -0.4 is 5.32 Å². The molecular formula is C25H29FN4O. The Morgan fingerprint density at radius 3 is 2.97 bits per heavy atom. The molecule has 3 heterocycles. The van der Waals surface area contributed by atoms with Gasteiger partial charge in [-0.25, -0.2) is 4.39 Å². The fourth-order valence-electron chi connectivity index (χ4n) is 5.18. The molecule has 2 bridgehead atoms. The van der Waals surface area contributed by atoms with Gasteiger partial charge in [-0.1, -0.05) is 0 Å². The highest BCUT2D eigenvalue weighted by atomic mass is 19.1. The van der Waals surface area contributed by atoms with E-state index in [2.05, 4.69) is 16.5 Å². The normalized spacial score (nSPS) is 20.5. The van der Waals surface area contributed by atoms with E-state index in [0.717, 1.165) is 25.0 Å². The Hall–Kier alpha value is -2.73. The first-order valence-electron chi connectivity index (χ1n) is 11.2. The molecular weight excluding hydrogens is 391 g/mol. The minimum absolute atomic E-state index is 0.0232. The quantitative estimate of drug-likeness (QED) is 0.688. The molecule has 5 nitrogen and oxygen atoms in total. The van der Waals surface area contributed by atoms with Gasteiger partial charge in [0.2, 0.25) is 0 Å². The van der Waals surface area contributed by atoms with Crippen LogP contribution in [0.4, 0.5) is 4.39 Å². The summed E-state index contributed by atoms with van der Waals surface area (Å²) < 4.78 is 16.3. The second-order valence-corrected chi connectivity index (χ2v) is 9.31. The Balaban J connectivity index is 1.71. The van der Waals surface area contributed by atoms with Gasteiger partial charge in [0.25, 0.3) is 5.91 Å². The third-order valence-electron chi connectivity index (χ3n) is 7.05. The maximum atomic E-state index is 14.2. The number of hydrogen-bond acceptors (Lipinski definition) is 3. The number of nitrogens with zero attached hydrogens (tertiary/aromatic N) is 3. The Morgan fingerprint density at radius 2 is 2.16 bits per heavy atom. The number of halogens is 1. The van der Waals surface area contributed by atoms with E-state index in [1.165, 1.54) is 41.5 Å². The van der Waals surface area contributed by atoms with Crippen molar-refractivity contribution < 1.29 is 9.18 Å². The fraction of sp³-hybridized carbons (Fsp3) is 0.440. The third-order valence-corrected chi connectivity index (χ3v) is 7.05. The molecule has 0 spiro atoms. The van der Waals surface area contributed by atoms with E-state index in [-0.39, 0.29) is 11.9 Å². The number of hydrogen-bond donors (Lipinski definition) is 1. The van der Waals surface area contributed by atoms with Gasteiger partial charge in [0.1, 0.15) is 5.82 Å². The first kappa shape index (κ1) is 20.2. The number of carbonyl (C=O) groups is 1. The topological polar surface area (TPSA) is 50.2 Å². The molecule has 3 aromatic rings. The van der Waals surface area contributed by atoms with Crippen LogP contribution >= 0.6 is 0 Å². The monoisotopic (exact) mass is 420 g/mol. The van der Waals surface area contributed by atoms with Crippen LogP contribution in [0.3, 0.4) is 0 Å². The molecule has 1 aromatic carbocycles. The Morgan fingerprint density at radius 1 is 1.32 bits per heavy atom. The third kappa shape index (κ3) is 3.43. The summed E-state index contributed by atoms with van der Waals surface area (Å²) in [5.41, 5.74) is 4.67. The number of benzene rings is 1. The molecule has 1 amide bonds. The van der Waals surface area contributed by atoms with Crippen molar-refractivity contribution in [3.05, 3.63) is 59.3 Å². The summed E-state index contributed by atoms with van der Waals surface area (Å²) in [6, 6.07) is 4.52. The van der Waals surface area contributed by atoms with E-state index in [1.54, 1.807) is 18.0 Å². The van der Waals surface area contributed by atoms with E-state index in [9.17, 15) is 9.18 Å². The van der Waals surface area contributed by atoms with Crippen LogP contribution in [0.15, 0.2) is 36.8 Å². The number of amides is 1. The lowest BCUT2D eigenvalue weighted by Gasteiger charge is -2.23. The van der Waals surface area contributed by atoms with Gasteiger partial charge in [-0.15, -0.1) is 0 Å². The molecule has 1 fully saturated rings. The second kappa shape index (κ2) is 7.75. The first-order chi connectivity index (χ1) is 14.9. The Bertz CT molecular complexity index is 1150. The molecule has 1 saturated heterocycles. The highest BCUT2D eigenvalue weighted by Gasteiger charge is 2.30. The van der Waals surface area contributed by atoms with Crippen molar-refractivity contribution >= 4 is 16.8 Å². The molecule has 31 heavy (non-hydrogen) atoms. The summed E-state index contributed by atoms with van der Waals surface area (Å²) in [7, 11) is 1.76. The standard InChI is InChI=1S/C25H29FN4O/c1-15(2)29(3)25(31)20-10-19(26)4-5-22(20)30-14-18-9-16-6-7-27-11-17(8-16)21-12-28-13-23(30)24(18)21/h4-5,10,12-17,27H,6-9,11H2,1-3H3. The highest BCUT2D eigenvalue weighted by Crippen LogP contribution is 2.41. The van der Waals surface area contributed by atoms with E-state index >= 15 is 0 Å². The average molecular weight is 421 g/mol. The molecule has 1 N–H and O–H groups in total. The number of nitrogens with one attached hydrogen (secondary N) is 1. The fourth-order valence-corrected chi connectivity index (χ4v) is 5.18. The van der Waals surface area contributed by atoms with Gasteiger partial charge in [0.05, 0.1) is 23.0 Å². The van der Waals surface area contributed by atoms with Crippen molar-refractivity contribution in [2.24, 2.45) is 5.92 Å². The minimum atomic E-state index is -0.405. The molecule has 2 aromatic heterocycles. The molecule has 0 saturated carbocycles. The van der Waals surface area contributed by atoms with Gasteiger partial charge in [-0.3, -0.25) is 9.78 Å². The lowest BCUT2D eigenvalue weighted by atomic mass is 9.90. The summed E-state index contributed by atoms with van der Waals surface area (Å²) in [5.74, 6) is 0.495. The summed E-state index contributed by atoms with van der Waals surface area (Å²) in [6.07, 6.45) is 9.42. The summed E-state index contributed by atoms with van der Waals surface area (Å²) >= 11 is 0. The van der Waals surface area contributed by atoms with Gasteiger partial charge in [-0.2, -0.15) is 0 Å². The van der Waals surface area contributed by atoms with Gasteiger partial charge < -0.3 is 14.8 Å². The first-order valence-corrected chi connectivity index (χ1v) is 11.2. The predicted molar refractivity (Wildman–Crippen MR) is 120 cm³/mol. The number of pyridine rings is 1. The van der Waals surface area contributed by atoms with Crippen LogP contribution in [0.1, 0.15) is 54.1 Å². The number of fused-ring (bicyclic) bond motifs is 3. The van der Waals surface area contributed by atoms with Gasteiger partial charge in [0, 0.05) is 37.4 Å². The lowest BCUT2D eigenvalue weighted by molar-refractivity contribution is 0.0754. The van der Waals surface area contributed by atoms with E-state index in [4.69, 9.17) is 0 Å². The van der Waals surface area contributed by atoms with Crippen LogP contribution in [-0.2, 0) is 6.42 Å². The van der Waals surface area contributed by atoms with Crippen LogP contribution in [0, 0.1) is 11.7 Å². The zero-order chi connectivity index (χ0) is 21.7. The molecule has 1 aliphatic carbocycles. The van der Waals surface area contributed by atoms with Crippen molar-refractivity contribution in [3.63, 3.8) is 0 Å². The predicted octanol–water partition coefficient (Wildman–Crippen LogP) is 4.28. The van der Waals surface area contributed by atoms with Crippen LogP contribution in [-0.4, -0.2) is 46.5 Å². The maximum Gasteiger partial charge on any atom is 0.256 e. The molecule has 5 rings (SSSR count). The maximum absolute atomic E-state index is 14.2. The second-order valence-electron chi connectivity index (χ2n) is 9.31. The molecule has 2 atom stereocenters. The molecule has 0 radical (unpaired) electrons. The number of aromatic nitrogens is 2. The van der Waals surface area contributed by atoms with E-state index in [0.29, 0.717) is 23.1 Å². The van der Waals surface area contributed by atoms with Crippen LogP contribution in [0.2, 0.25) is 0 Å². The Kier molecular flexibility index (Phi) is 5.05. The molecule has 162 valence electrons. The van der Waals surface area contributed by atoms with Crippen molar-refractivity contribution in [1.29, 1.82) is 0 Å². The summed E-state index contributed by atoms with van der Waals surface area (Å²) in [5, 5.41) is 4.84. The van der Waals surface area contributed by atoms with Crippen LogP contribution in [0.25, 0.3) is 16.6 Å². The van der Waals surface area contributed by atoms with Crippen molar-refractivity contribution in [3.8, 4) is 5.69 Å². The smallest absolute Gasteiger partial charge is 0.256 e. The summed E-state index contributed by atoms with van der Waals surface area (Å²) in [4.78, 5) is 19.4. The molecule has 2 aliphatic rings. The van der Waals surface area contributed by atoms with Gasteiger partial charge in [0.15, 0.2) is 0 Å². The highest BCUT2D eigenvalue weighted by molar-refractivity contribution is 5.99. The lowest BCUT2D eigenvalue weighted by Crippen LogP contribution is -2.33. The van der Waals surface area contributed by atoms with Gasteiger partial charge >= 0.3 is 0 Å². The zero-order valence-electron chi connectivity index (χ0n) is 18.4. The number of carbonyl (C=O) groups excluding carboxylic acids is 1. The number of rotatable bonds is 3. The van der Waals surface area contributed by atoms with E-state index in [1.807, 2.05) is 30.8 Å². The molecule has 6 heteroatoms. The molecule has 2 unspecified atom stereocenters. The van der Waals surface area contributed by atoms with Crippen molar-refractivity contribution in [2.75, 3.05) is 20.1 Å². The van der Waals surface area contributed by atoms with Crippen molar-refractivity contribution in [2.45, 2.75) is 45.1 Å². The van der Waals surface area contributed by atoms with Crippen LogP contribution in [0.5, 0.6) is 0 Å². The van der Waals surface area contributed by atoms with Crippen molar-refractivity contribution in [1.82, 2.24) is 19.8 Å². The molecule has 1 aliphatic heterocycles. The SMILES string of the molecule is CC(C)N(C)C(=O)c1cc(F)ccc1-n1cc2c3c(cncc31)C1CNCCC(C2)C1. The minimum Gasteiger partial charge on any atom is -0.339 e. The van der Waals surface area contributed by atoms with E-state index < -0.39 is 5.82 Å². The largest absolute Gasteiger partial charge is 0.339 e. The Labute approximate surface area is 182 Å². The summed E-state index contributed by atoms with van der Waals surface area (Å²) in [6.45, 7) is 5.94. The zero-order valence-corrected chi connectivity index (χ0v) is 18.4. The average Bonchev–Trinajstić information content (AvgIpc) is 2.90.